The van der Waals surface area contributed by atoms with Gasteiger partial charge in [-0.3, -0.25) is 9.48 Å². The summed E-state index contributed by atoms with van der Waals surface area (Å²) in [5.74, 6) is -0.849. The summed E-state index contributed by atoms with van der Waals surface area (Å²) in [6, 6.07) is 2.79. The zero-order chi connectivity index (χ0) is 18.4. The van der Waals surface area contributed by atoms with Crippen LogP contribution in [0.2, 0.25) is 0 Å². The van der Waals surface area contributed by atoms with Gasteiger partial charge in [-0.15, -0.1) is 0 Å². The Kier molecular flexibility index (Phi) is 3.91. The van der Waals surface area contributed by atoms with E-state index in [1.54, 1.807) is 0 Å². The third kappa shape index (κ3) is 2.89. The molecule has 140 valence electrons. The first-order valence-corrected chi connectivity index (χ1v) is 9.58. The number of H-pyrrole nitrogens is 1. The fourth-order valence-corrected chi connectivity index (χ4v) is 4.38. The highest BCUT2D eigenvalue weighted by Crippen LogP contribution is 2.34. The maximum absolute atomic E-state index is 13.9. The molecule has 27 heavy (non-hydrogen) atoms. The number of halogens is 1. The Bertz CT molecular complexity index is 1000. The smallest absolute Gasteiger partial charge is 0.254 e. The van der Waals surface area contributed by atoms with Gasteiger partial charge < -0.3 is 5.32 Å². The van der Waals surface area contributed by atoms with Crippen molar-refractivity contribution >= 4 is 16.9 Å². The zero-order valence-electron chi connectivity index (χ0n) is 14.9. The molecule has 7 nitrogen and oxygen atoms in total. The summed E-state index contributed by atoms with van der Waals surface area (Å²) in [4.78, 5) is 12.9. The van der Waals surface area contributed by atoms with E-state index in [0.717, 1.165) is 25.0 Å². The first-order chi connectivity index (χ1) is 13.2. The summed E-state index contributed by atoms with van der Waals surface area (Å²) in [5.41, 5.74) is 3.08. The molecule has 3 aromatic rings. The van der Waals surface area contributed by atoms with Crippen LogP contribution in [0.5, 0.6) is 0 Å². The largest absolute Gasteiger partial charge is 0.344 e. The van der Waals surface area contributed by atoms with Gasteiger partial charge in [0.25, 0.3) is 5.91 Å². The van der Waals surface area contributed by atoms with Gasteiger partial charge in [0.05, 0.1) is 23.3 Å². The van der Waals surface area contributed by atoms with Crippen molar-refractivity contribution < 1.29 is 9.18 Å². The standard InChI is InChI=1S/C19H21FN6O/c20-12-8-14(18-16(9-12)22-25-23-18)19(27)21-15-7-3-4-11-10-26(24-17(11)15)13-5-1-2-6-13/h8-10,13,15H,1-7H2,(H,21,27)(H,22,23,25). The number of carbonyl (C=O) groups excluding carboxylic acids is 1. The Balaban J connectivity index is 1.43. The molecule has 1 aromatic carbocycles. The van der Waals surface area contributed by atoms with Gasteiger partial charge in [-0.05, 0) is 43.7 Å². The molecule has 2 heterocycles. The van der Waals surface area contributed by atoms with E-state index in [1.165, 1.54) is 43.4 Å². The number of nitrogens with one attached hydrogen (secondary N) is 2. The topological polar surface area (TPSA) is 88.5 Å². The third-order valence-corrected chi connectivity index (χ3v) is 5.74. The first-order valence-electron chi connectivity index (χ1n) is 9.58. The molecular weight excluding hydrogens is 347 g/mol. The van der Waals surface area contributed by atoms with E-state index in [4.69, 9.17) is 5.10 Å². The van der Waals surface area contributed by atoms with Gasteiger partial charge in [-0.2, -0.15) is 20.5 Å². The molecule has 0 saturated heterocycles. The number of rotatable bonds is 3. The molecule has 1 unspecified atom stereocenters. The summed E-state index contributed by atoms with van der Waals surface area (Å²) in [7, 11) is 0. The minimum atomic E-state index is -0.503. The highest BCUT2D eigenvalue weighted by Gasteiger charge is 2.28. The van der Waals surface area contributed by atoms with Crippen molar-refractivity contribution in [2.24, 2.45) is 0 Å². The van der Waals surface area contributed by atoms with Crippen molar-refractivity contribution in [3.8, 4) is 0 Å². The molecule has 2 aliphatic carbocycles. The quantitative estimate of drug-likeness (QED) is 0.743. The SMILES string of the molecule is O=C(NC1CCCc2cn(C3CCCC3)nc21)c1cc(F)cc2n[nH]nc12. The van der Waals surface area contributed by atoms with E-state index in [-0.39, 0.29) is 17.5 Å². The van der Waals surface area contributed by atoms with Crippen LogP contribution in [-0.4, -0.2) is 31.1 Å². The summed E-state index contributed by atoms with van der Waals surface area (Å²) in [6.07, 6.45) is 9.82. The maximum Gasteiger partial charge on any atom is 0.254 e. The Hall–Kier alpha value is -2.77. The van der Waals surface area contributed by atoms with Crippen LogP contribution in [-0.2, 0) is 6.42 Å². The molecule has 2 aromatic heterocycles. The van der Waals surface area contributed by atoms with Crippen LogP contribution in [0, 0.1) is 5.82 Å². The van der Waals surface area contributed by atoms with Gasteiger partial charge in [0.2, 0.25) is 0 Å². The third-order valence-electron chi connectivity index (χ3n) is 5.74. The van der Waals surface area contributed by atoms with Gasteiger partial charge in [0.1, 0.15) is 16.9 Å². The highest BCUT2D eigenvalue weighted by atomic mass is 19.1. The Morgan fingerprint density at radius 2 is 2.04 bits per heavy atom. The van der Waals surface area contributed by atoms with Crippen molar-refractivity contribution in [2.75, 3.05) is 0 Å². The summed E-state index contributed by atoms with van der Waals surface area (Å²) in [6.45, 7) is 0. The molecule has 1 atom stereocenters. The molecule has 0 bridgehead atoms. The minimum absolute atomic E-state index is 0.158. The van der Waals surface area contributed by atoms with E-state index in [1.807, 2.05) is 0 Å². The number of aromatic nitrogens is 5. The fourth-order valence-electron chi connectivity index (χ4n) is 4.38. The lowest BCUT2D eigenvalue weighted by atomic mass is 9.93. The van der Waals surface area contributed by atoms with Crippen molar-refractivity contribution in [1.29, 1.82) is 0 Å². The van der Waals surface area contributed by atoms with Crippen molar-refractivity contribution in [3.63, 3.8) is 0 Å². The van der Waals surface area contributed by atoms with Gasteiger partial charge in [-0.25, -0.2) is 4.39 Å². The first kappa shape index (κ1) is 16.4. The number of hydrogen-bond donors (Lipinski definition) is 2. The molecule has 0 spiro atoms. The summed E-state index contributed by atoms with van der Waals surface area (Å²) >= 11 is 0. The van der Waals surface area contributed by atoms with Crippen LogP contribution >= 0.6 is 0 Å². The number of nitrogens with zero attached hydrogens (tertiary/aromatic N) is 4. The molecule has 1 amide bonds. The summed E-state index contributed by atoms with van der Waals surface area (Å²) in [5, 5.41) is 18.2. The van der Waals surface area contributed by atoms with Crippen molar-refractivity contribution in [1.82, 2.24) is 30.5 Å². The second kappa shape index (κ2) is 6.44. The molecule has 1 fully saturated rings. The number of aromatic amines is 1. The summed E-state index contributed by atoms with van der Waals surface area (Å²) < 4.78 is 15.9. The van der Waals surface area contributed by atoms with Crippen LogP contribution in [0.4, 0.5) is 4.39 Å². The second-order valence-corrected chi connectivity index (χ2v) is 7.52. The molecule has 0 aliphatic heterocycles. The van der Waals surface area contributed by atoms with Crippen LogP contribution in [0.15, 0.2) is 18.3 Å². The molecular formula is C19H21FN6O. The van der Waals surface area contributed by atoms with Gasteiger partial charge in [0.15, 0.2) is 0 Å². The van der Waals surface area contributed by atoms with E-state index in [0.29, 0.717) is 17.1 Å². The monoisotopic (exact) mass is 368 g/mol. The van der Waals surface area contributed by atoms with Crippen molar-refractivity contribution in [2.45, 2.75) is 57.0 Å². The van der Waals surface area contributed by atoms with Crippen LogP contribution in [0.3, 0.4) is 0 Å². The number of benzene rings is 1. The predicted octanol–water partition coefficient (Wildman–Crippen LogP) is 3.22. The number of fused-ring (bicyclic) bond motifs is 2. The van der Waals surface area contributed by atoms with E-state index in [9.17, 15) is 9.18 Å². The van der Waals surface area contributed by atoms with Gasteiger partial charge in [-0.1, -0.05) is 12.8 Å². The van der Waals surface area contributed by atoms with Crippen LogP contribution < -0.4 is 5.32 Å². The average molecular weight is 368 g/mol. The molecule has 2 N–H and O–H groups in total. The normalized spacial score (nSPS) is 20.1. The van der Waals surface area contributed by atoms with Crippen LogP contribution in [0.1, 0.15) is 72.2 Å². The lowest BCUT2D eigenvalue weighted by Gasteiger charge is -2.22. The second-order valence-electron chi connectivity index (χ2n) is 7.52. The molecule has 0 radical (unpaired) electrons. The van der Waals surface area contributed by atoms with E-state index >= 15 is 0 Å². The average Bonchev–Trinajstić information content (AvgIpc) is 3.40. The Labute approximate surface area is 155 Å². The van der Waals surface area contributed by atoms with Crippen molar-refractivity contribution in [3.05, 3.63) is 41.0 Å². The maximum atomic E-state index is 13.9. The molecule has 2 aliphatic rings. The molecule has 8 heteroatoms. The Morgan fingerprint density at radius 3 is 2.89 bits per heavy atom. The van der Waals surface area contributed by atoms with E-state index in [2.05, 4.69) is 31.6 Å². The lowest BCUT2D eigenvalue weighted by Crippen LogP contribution is -2.31. The number of carbonyl (C=O) groups is 1. The number of hydrogen-bond acceptors (Lipinski definition) is 4. The lowest BCUT2D eigenvalue weighted by molar-refractivity contribution is 0.0932. The van der Waals surface area contributed by atoms with Crippen LogP contribution in [0.25, 0.3) is 11.0 Å². The number of amides is 1. The van der Waals surface area contributed by atoms with E-state index < -0.39 is 5.82 Å². The zero-order valence-corrected chi connectivity index (χ0v) is 14.9. The number of aryl methyl sites for hydroxylation is 1. The van der Waals surface area contributed by atoms with Gasteiger partial charge in [0, 0.05) is 12.3 Å². The molecule has 1 saturated carbocycles. The fraction of sp³-hybridized carbons (Fsp3) is 0.474. The predicted molar refractivity (Wildman–Crippen MR) is 96.7 cm³/mol. The van der Waals surface area contributed by atoms with Gasteiger partial charge >= 0.3 is 0 Å². The minimum Gasteiger partial charge on any atom is -0.344 e. The Morgan fingerprint density at radius 1 is 1.19 bits per heavy atom. The molecule has 5 rings (SSSR count). The highest BCUT2D eigenvalue weighted by molar-refractivity contribution is 6.04.